The summed E-state index contributed by atoms with van der Waals surface area (Å²) in [7, 11) is 3.45. The van der Waals surface area contributed by atoms with E-state index in [0.717, 1.165) is 12.1 Å². The maximum absolute atomic E-state index is 6.14. The Morgan fingerprint density at radius 1 is 1.41 bits per heavy atom. The standard InChI is InChI=1S/C12H15Cl2NO2/c1-15-8-9-6-10(14)12(11(7-9)16-2)17-5-3-4-13/h3-4,6-7,15H,5,8H2,1-2H3/b4-3+. The molecule has 0 saturated carbocycles. The maximum atomic E-state index is 6.14. The van der Waals surface area contributed by atoms with E-state index in [2.05, 4.69) is 5.32 Å². The molecule has 0 aliphatic heterocycles. The SMILES string of the molecule is CNCc1cc(Cl)c(OC/C=C/Cl)c(OC)c1. The van der Waals surface area contributed by atoms with Crippen molar-refractivity contribution < 1.29 is 9.47 Å². The molecule has 0 amide bonds. The van der Waals surface area contributed by atoms with Crippen molar-refractivity contribution in [1.82, 2.24) is 5.32 Å². The fourth-order valence-electron chi connectivity index (χ4n) is 1.39. The predicted molar refractivity (Wildman–Crippen MR) is 71.3 cm³/mol. The van der Waals surface area contributed by atoms with Gasteiger partial charge in [0.15, 0.2) is 11.5 Å². The zero-order chi connectivity index (χ0) is 12.7. The smallest absolute Gasteiger partial charge is 0.180 e. The molecule has 0 fully saturated rings. The molecule has 1 aromatic rings. The number of rotatable bonds is 6. The number of halogens is 2. The lowest BCUT2D eigenvalue weighted by Crippen LogP contribution is -2.06. The van der Waals surface area contributed by atoms with Crippen LogP contribution in [0.2, 0.25) is 5.02 Å². The minimum Gasteiger partial charge on any atom is -0.493 e. The highest BCUT2D eigenvalue weighted by Gasteiger charge is 2.11. The Labute approximate surface area is 111 Å². The van der Waals surface area contributed by atoms with Crippen LogP contribution in [0.15, 0.2) is 23.7 Å². The summed E-state index contributed by atoms with van der Waals surface area (Å²) in [5.41, 5.74) is 2.44. The Kier molecular flexibility index (Phi) is 6.19. The molecule has 1 N–H and O–H groups in total. The molecule has 0 atom stereocenters. The third-order valence-corrected chi connectivity index (χ3v) is 2.54. The molecule has 0 heterocycles. The van der Waals surface area contributed by atoms with E-state index in [0.29, 0.717) is 23.1 Å². The average Bonchev–Trinajstić information content (AvgIpc) is 2.32. The van der Waals surface area contributed by atoms with Crippen molar-refractivity contribution in [3.05, 3.63) is 34.3 Å². The summed E-state index contributed by atoms with van der Waals surface area (Å²) in [4.78, 5) is 0. The van der Waals surface area contributed by atoms with Crippen LogP contribution in [-0.2, 0) is 6.54 Å². The lowest BCUT2D eigenvalue weighted by Gasteiger charge is -2.13. The summed E-state index contributed by atoms with van der Waals surface area (Å²) in [5, 5.41) is 3.58. The first-order valence-electron chi connectivity index (χ1n) is 5.12. The minimum absolute atomic E-state index is 0.352. The van der Waals surface area contributed by atoms with Crippen molar-refractivity contribution in [2.75, 3.05) is 20.8 Å². The lowest BCUT2D eigenvalue weighted by atomic mass is 10.2. The highest BCUT2D eigenvalue weighted by Crippen LogP contribution is 2.36. The summed E-state index contributed by atoms with van der Waals surface area (Å²) in [6.07, 6.45) is 1.68. The van der Waals surface area contributed by atoms with Gasteiger partial charge in [-0.15, -0.1) is 0 Å². The Morgan fingerprint density at radius 2 is 2.18 bits per heavy atom. The van der Waals surface area contributed by atoms with Gasteiger partial charge in [0.2, 0.25) is 0 Å². The molecule has 0 bridgehead atoms. The fraction of sp³-hybridized carbons (Fsp3) is 0.333. The van der Waals surface area contributed by atoms with Crippen LogP contribution in [0.25, 0.3) is 0 Å². The second-order valence-corrected chi connectivity index (χ2v) is 3.97. The van der Waals surface area contributed by atoms with E-state index in [1.807, 2.05) is 19.2 Å². The van der Waals surface area contributed by atoms with Gasteiger partial charge in [-0.3, -0.25) is 0 Å². The van der Waals surface area contributed by atoms with Crippen LogP contribution >= 0.6 is 23.2 Å². The monoisotopic (exact) mass is 275 g/mol. The molecular formula is C12H15Cl2NO2. The van der Waals surface area contributed by atoms with Crippen LogP contribution in [0.3, 0.4) is 0 Å². The van der Waals surface area contributed by atoms with Crippen molar-refractivity contribution in [1.29, 1.82) is 0 Å². The van der Waals surface area contributed by atoms with Gasteiger partial charge in [0.05, 0.1) is 12.1 Å². The molecule has 17 heavy (non-hydrogen) atoms. The molecule has 0 aliphatic carbocycles. The van der Waals surface area contributed by atoms with Crippen LogP contribution in [-0.4, -0.2) is 20.8 Å². The van der Waals surface area contributed by atoms with Gasteiger partial charge in [0.1, 0.15) is 6.61 Å². The molecule has 0 saturated heterocycles. The molecule has 5 heteroatoms. The number of methoxy groups -OCH3 is 1. The van der Waals surface area contributed by atoms with Gasteiger partial charge in [-0.05, 0) is 30.8 Å². The van der Waals surface area contributed by atoms with Gasteiger partial charge in [0.25, 0.3) is 0 Å². The molecule has 94 valence electrons. The molecule has 0 unspecified atom stereocenters. The second-order valence-electron chi connectivity index (χ2n) is 3.31. The third-order valence-electron chi connectivity index (χ3n) is 2.08. The van der Waals surface area contributed by atoms with Gasteiger partial charge in [-0.25, -0.2) is 0 Å². The largest absolute Gasteiger partial charge is 0.493 e. The first kappa shape index (κ1) is 14.2. The van der Waals surface area contributed by atoms with E-state index < -0.39 is 0 Å². The zero-order valence-corrected chi connectivity index (χ0v) is 11.3. The van der Waals surface area contributed by atoms with Crippen LogP contribution in [0, 0.1) is 0 Å². The first-order valence-corrected chi connectivity index (χ1v) is 5.93. The highest BCUT2D eigenvalue weighted by molar-refractivity contribution is 6.32. The van der Waals surface area contributed by atoms with E-state index >= 15 is 0 Å². The number of hydrogen-bond acceptors (Lipinski definition) is 3. The molecule has 0 aromatic heterocycles. The van der Waals surface area contributed by atoms with Crippen LogP contribution in [0.1, 0.15) is 5.56 Å². The van der Waals surface area contributed by atoms with Crippen molar-refractivity contribution in [3.63, 3.8) is 0 Å². The highest BCUT2D eigenvalue weighted by atomic mass is 35.5. The summed E-state index contributed by atoms with van der Waals surface area (Å²) >= 11 is 11.6. The minimum atomic E-state index is 0.352. The van der Waals surface area contributed by atoms with Gasteiger partial charge in [-0.2, -0.15) is 0 Å². The second kappa shape index (κ2) is 7.43. The lowest BCUT2D eigenvalue weighted by molar-refractivity contribution is 0.326. The number of benzene rings is 1. The Balaban J connectivity index is 2.94. The summed E-state index contributed by atoms with van der Waals surface area (Å²) in [6.45, 7) is 1.07. The Morgan fingerprint density at radius 3 is 2.76 bits per heavy atom. The van der Waals surface area contributed by atoms with E-state index in [-0.39, 0.29) is 0 Å². The van der Waals surface area contributed by atoms with E-state index in [9.17, 15) is 0 Å². The topological polar surface area (TPSA) is 30.5 Å². The number of nitrogens with one attached hydrogen (secondary N) is 1. The Bertz CT molecular complexity index is 394. The average molecular weight is 276 g/mol. The predicted octanol–water partition coefficient (Wildman–Crippen LogP) is 3.20. The molecule has 1 aromatic carbocycles. The van der Waals surface area contributed by atoms with Gasteiger partial charge < -0.3 is 14.8 Å². The molecule has 1 rings (SSSR count). The van der Waals surface area contributed by atoms with Crippen molar-refractivity contribution in [2.45, 2.75) is 6.54 Å². The number of hydrogen-bond donors (Lipinski definition) is 1. The normalized spacial score (nSPS) is 10.8. The quantitative estimate of drug-likeness (QED) is 0.865. The third kappa shape index (κ3) is 4.11. The van der Waals surface area contributed by atoms with Crippen molar-refractivity contribution in [3.8, 4) is 11.5 Å². The molecule has 0 aliphatic rings. The van der Waals surface area contributed by atoms with E-state index in [4.69, 9.17) is 32.7 Å². The number of ether oxygens (including phenoxy) is 2. The summed E-state index contributed by atoms with van der Waals surface area (Å²) in [5.74, 6) is 1.15. The van der Waals surface area contributed by atoms with E-state index in [1.165, 1.54) is 5.54 Å². The zero-order valence-electron chi connectivity index (χ0n) is 9.80. The maximum Gasteiger partial charge on any atom is 0.180 e. The molecule has 0 radical (unpaired) electrons. The first-order chi connectivity index (χ1) is 8.22. The van der Waals surface area contributed by atoms with Gasteiger partial charge >= 0.3 is 0 Å². The Hall–Kier alpha value is -0.900. The van der Waals surface area contributed by atoms with Crippen molar-refractivity contribution in [2.24, 2.45) is 0 Å². The molecule has 3 nitrogen and oxygen atoms in total. The van der Waals surface area contributed by atoms with E-state index in [1.54, 1.807) is 13.2 Å². The summed E-state index contributed by atoms with van der Waals surface area (Å²) in [6, 6.07) is 3.74. The van der Waals surface area contributed by atoms with Crippen LogP contribution < -0.4 is 14.8 Å². The van der Waals surface area contributed by atoms with Crippen LogP contribution in [0.4, 0.5) is 0 Å². The van der Waals surface area contributed by atoms with Crippen LogP contribution in [0.5, 0.6) is 11.5 Å². The van der Waals surface area contributed by atoms with Gasteiger partial charge in [0, 0.05) is 12.1 Å². The van der Waals surface area contributed by atoms with Crippen molar-refractivity contribution >= 4 is 23.2 Å². The molecular weight excluding hydrogens is 261 g/mol. The molecule has 0 spiro atoms. The summed E-state index contributed by atoms with van der Waals surface area (Å²) < 4.78 is 10.7. The van der Waals surface area contributed by atoms with Gasteiger partial charge in [-0.1, -0.05) is 23.2 Å². The fourth-order valence-corrected chi connectivity index (χ4v) is 1.75.